The van der Waals surface area contributed by atoms with Crippen LogP contribution in [0.5, 0.6) is 0 Å². The molecule has 2 rings (SSSR count). The highest BCUT2D eigenvalue weighted by atomic mass is 16.2. The van der Waals surface area contributed by atoms with E-state index < -0.39 is 23.4 Å². The maximum absolute atomic E-state index is 12.7. The minimum absolute atomic E-state index is 0.00807. The maximum atomic E-state index is 12.7. The number of imide groups is 1. The molecule has 1 saturated heterocycles. The van der Waals surface area contributed by atoms with Crippen molar-refractivity contribution < 1.29 is 19.2 Å². The fourth-order valence-corrected chi connectivity index (χ4v) is 3.31. The quantitative estimate of drug-likeness (QED) is 0.585. The molecular formula is C21H30N4O4. The normalized spacial score (nSPS) is 18.5. The highest BCUT2D eigenvalue weighted by Gasteiger charge is 2.48. The van der Waals surface area contributed by atoms with Crippen LogP contribution in [0.4, 0.5) is 4.79 Å². The molecule has 1 heterocycles. The summed E-state index contributed by atoms with van der Waals surface area (Å²) in [4.78, 5) is 50.8. The summed E-state index contributed by atoms with van der Waals surface area (Å²) in [6.45, 7) is 6.73. The zero-order valence-electron chi connectivity index (χ0n) is 17.4. The Morgan fingerprint density at radius 3 is 2.38 bits per heavy atom. The number of benzene rings is 1. The van der Waals surface area contributed by atoms with Crippen molar-refractivity contribution in [3.63, 3.8) is 0 Å². The van der Waals surface area contributed by atoms with E-state index in [9.17, 15) is 19.2 Å². The van der Waals surface area contributed by atoms with E-state index in [0.29, 0.717) is 32.4 Å². The van der Waals surface area contributed by atoms with Gasteiger partial charge in [-0.05, 0) is 45.6 Å². The molecule has 0 aromatic heterocycles. The largest absolute Gasteiger partial charge is 0.344 e. The molecule has 1 aliphatic heterocycles. The van der Waals surface area contributed by atoms with Crippen molar-refractivity contribution in [2.45, 2.75) is 58.4 Å². The van der Waals surface area contributed by atoms with Gasteiger partial charge >= 0.3 is 6.03 Å². The zero-order chi connectivity index (χ0) is 21.4. The molecule has 0 aliphatic carbocycles. The van der Waals surface area contributed by atoms with Crippen LogP contribution in [0.25, 0.3) is 0 Å². The van der Waals surface area contributed by atoms with Crippen LogP contribution >= 0.6 is 0 Å². The number of carbonyl (C=O) groups is 4. The topological polar surface area (TPSA) is 98.8 Å². The number of carbonyl (C=O) groups excluding carboxylic acids is 4. The van der Waals surface area contributed by atoms with Crippen LogP contribution in [-0.2, 0) is 20.8 Å². The summed E-state index contributed by atoms with van der Waals surface area (Å²) in [5.74, 6) is -0.953. The van der Waals surface area contributed by atoms with Crippen molar-refractivity contribution in [2.24, 2.45) is 0 Å². The first-order valence-corrected chi connectivity index (χ1v) is 10.1. The molecule has 0 bridgehead atoms. The first-order chi connectivity index (χ1) is 13.8. The molecule has 1 aromatic rings. The first-order valence-electron chi connectivity index (χ1n) is 10.1. The number of hydrogen-bond donors (Lipinski definition) is 2. The number of amides is 5. The van der Waals surface area contributed by atoms with E-state index in [0.717, 1.165) is 10.6 Å². The van der Waals surface area contributed by atoms with E-state index in [-0.39, 0.29) is 18.7 Å². The molecule has 29 heavy (non-hydrogen) atoms. The lowest BCUT2D eigenvalue weighted by Crippen LogP contribution is -2.48. The van der Waals surface area contributed by atoms with Gasteiger partial charge in [-0.2, -0.15) is 5.01 Å². The third-order valence-electron chi connectivity index (χ3n) is 5.16. The van der Waals surface area contributed by atoms with Gasteiger partial charge in [0.1, 0.15) is 5.54 Å². The lowest BCUT2D eigenvalue weighted by Gasteiger charge is -2.21. The fourth-order valence-electron chi connectivity index (χ4n) is 3.31. The van der Waals surface area contributed by atoms with E-state index in [1.807, 2.05) is 44.2 Å². The van der Waals surface area contributed by atoms with Crippen LogP contribution in [0, 0.1) is 0 Å². The monoisotopic (exact) mass is 402 g/mol. The van der Waals surface area contributed by atoms with Gasteiger partial charge in [-0.15, -0.1) is 0 Å². The van der Waals surface area contributed by atoms with E-state index in [1.165, 1.54) is 0 Å². The predicted octanol–water partition coefficient (Wildman–Crippen LogP) is 2.00. The molecule has 8 nitrogen and oxygen atoms in total. The Kier molecular flexibility index (Phi) is 7.75. The summed E-state index contributed by atoms with van der Waals surface area (Å²) >= 11 is 0. The zero-order valence-corrected chi connectivity index (χ0v) is 17.4. The highest BCUT2D eigenvalue weighted by Crippen LogP contribution is 2.22. The van der Waals surface area contributed by atoms with Crippen molar-refractivity contribution in [2.75, 3.05) is 13.1 Å². The van der Waals surface area contributed by atoms with E-state index in [4.69, 9.17) is 0 Å². The van der Waals surface area contributed by atoms with Crippen LogP contribution in [0.2, 0.25) is 0 Å². The summed E-state index contributed by atoms with van der Waals surface area (Å²) in [6, 6.07) is 9.04. The van der Waals surface area contributed by atoms with Gasteiger partial charge in [0.05, 0.1) is 0 Å². The van der Waals surface area contributed by atoms with Gasteiger partial charge in [-0.25, -0.2) is 4.79 Å². The van der Waals surface area contributed by atoms with Gasteiger partial charge < -0.3 is 10.2 Å². The fraction of sp³-hybridized carbons (Fsp3) is 0.524. The molecule has 158 valence electrons. The summed E-state index contributed by atoms with van der Waals surface area (Å²) < 4.78 is 0. The highest BCUT2D eigenvalue weighted by molar-refractivity contribution is 6.07. The van der Waals surface area contributed by atoms with Crippen molar-refractivity contribution in [3.05, 3.63) is 35.9 Å². The minimum Gasteiger partial charge on any atom is -0.343 e. The number of hydrazine groups is 1. The third kappa shape index (κ3) is 5.79. The van der Waals surface area contributed by atoms with E-state index in [1.54, 1.807) is 11.8 Å². The Labute approximate surface area is 171 Å². The molecule has 0 saturated carbocycles. The van der Waals surface area contributed by atoms with Crippen molar-refractivity contribution in [1.82, 2.24) is 20.7 Å². The van der Waals surface area contributed by atoms with Crippen LogP contribution in [0.1, 0.15) is 52.0 Å². The Hall–Kier alpha value is -2.90. The Bertz CT molecular complexity index is 748. The van der Waals surface area contributed by atoms with Crippen molar-refractivity contribution in [3.8, 4) is 0 Å². The van der Waals surface area contributed by atoms with Crippen LogP contribution in [-0.4, -0.2) is 52.3 Å². The average Bonchev–Trinajstić information content (AvgIpc) is 2.91. The number of aryl methyl sites for hydroxylation is 1. The molecule has 1 atom stereocenters. The summed E-state index contributed by atoms with van der Waals surface area (Å²) in [7, 11) is 0. The minimum atomic E-state index is -1.07. The molecule has 1 aromatic carbocycles. The Balaban J connectivity index is 1.84. The number of hydrogen-bond acceptors (Lipinski definition) is 4. The second kappa shape index (κ2) is 10.0. The number of urea groups is 1. The van der Waals surface area contributed by atoms with Crippen molar-refractivity contribution in [1.29, 1.82) is 0 Å². The van der Waals surface area contributed by atoms with Gasteiger partial charge in [0.2, 0.25) is 11.8 Å². The van der Waals surface area contributed by atoms with Crippen molar-refractivity contribution >= 4 is 23.8 Å². The van der Waals surface area contributed by atoms with Gasteiger partial charge in [0.15, 0.2) is 0 Å². The molecule has 8 heteroatoms. The molecule has 0 spiro atoms. The second-order valence-electron chi connectivity index (χ2n) is 7.34. The van der Waals surface area contributed by atoms with Crippen LogP contribution in [0.3, 0.4) is 0 Å². The van der Waals surface area contributed by atoms with Gasteiger partial charge in [0, 0.05) is 25.9 Å². The molecule has 1 unspecified atom stereocenters. The predicted molar refractivity (Wildman–Crippen MR) is 108 cm³/mol. The van der Waals surface area contributed by atoms with E-state index in [2.05, 4.69) is 10.7 Å². The Morgan fingerprint density at radius 1 is 1.10 bits per heavy atom. The number of rotatable bonds is 10. The second-order valence-corrected chi connectivity index (χ2v) is 7.34. The molecule has 0 radical (unpaired) electrons. The van der Waals surface area contributed by atoms with Crippen LogP contribution < -0.4 is 10.7 Å². The summed E-state index contributed by atoms with van der Waals surface area (Å²) in [6.07, 6.45) is 1.72. The maximum Gasteiger partial charge on any atom is 0.344 e. The molecule has 2 N–H and O–H groups in total. The third-order valence-corrected chi connectivity index (χ3v) is 5.16. The lowest BCUT2D eigenvalue weighted by atomic mass is 9.93. The lowest BCUT2D eigenvalue weighted by molar-refractivity contribution is -0.139. The molecule has 1 fully saturated rings. The van der Waals surface area contributed by atoms with Crippen LogP contribution in [0.15, 0.2) is 30.3 Å². The van der Waals surface area contributed by atoms with E-state index >= 15 is 0 Å². The first kappa shape index (κ1) is 22.4. The Morgan fingerprint density at radius 2 is 1.76 bits per heavy atom. The standard InChI is InChI=1S/C21H30N4O4/c1-4-24(5-2)18(27)13-9-12-17(26)23-25-19(28)21(3,22-20(25)29)15-14-16-10-7-6-8-11-16/h6-8,10-11H,4-5,9,12-15H2,1-3H3,(H,22,29)(H,23,26). The average molecular weight is 402 g/mol. The summed E-state index contributed by atoms with van der Waals surface area (Å²) in [5, 5.41) is 3.42. The van der Waals surface area contributed by atoms with Gasteiger partial charge in [-0.3, -0.25) is 19.8 Å². The van der Waals surface area contributed by atoms with Gasteiger partial charge in [-0.1, -0.05) is 30.3 Å². The molecular weight excluding hydrogens is 372 g/mol. The summed E-state index contributed by atoms with van der Waals surface area (Å²) in [5.41, 5.74) is 2.37. The molecule has 5 amide bonds. The smallest absolute Gasteiger partial charge is 0.343 e. The van der Waals surface area contributed by atoms with Gasteiger partial charge in [0.25, 0.3) is 5.91 Å². The number of nitrogens with one attached hydrogen (secondary N) is 2. The SMILES string of the molecule is CCN(CC)C(=O)CCCC(=O)NN1C(=O)NC(C)(CCc2ccccc2)C1=O. The molecule has 1 aliphatic rings. The number of nitrogens with zero attached hydrogens (tertiary/aromatic N) is 2.